The van der Waals surface area contributed by atoms with E-state index in [9.17, 15) is 8.78 Å². The molecule has 0 aromatic rings. The van der Waals surface area contributed by atoms with E-state index in [0.29, 0.717) is 6.92 Å². The summed E-state index contributed by atoms with van der Waals surface area (Å²) in [5, 5.41) is 8.14. The van der Waals surface area contributed by atoms with E-state index in [1.807, 2.05) is 0 Å². The van der Waals surface area contributed by atoms with Crippen molar-refractivity contribution >= 4 is 0 Å². The first-order valence-corrected chi connectivity index (χ1v) is 2.00. The molecule has 0 aromatic heterocycles. The molecule has 0 saturated carbocycles. The van der Waals surface area contributed by atoms with Gasteiger partial charge in [-0.25, -0.2) is 8.78 Å². The number of hydrogen-bond donors (Lipinski definition) is 1. The quantitative estimate of drug-likeness (QED) is 0.534. The molecular weight excluding hydrogens is 102 g/mol. The van der Waals surface area contributed by atoms with E-state index < -0.39 is 12.0 Å². The fourth-order valence-electron chi connectivity index (χ4n) is 0. The van der Waals surface area contributed by atoms with Crippen LogP contribution in [0.2, 0.25) is 0 Å². The molecule has 1 N–H and O–H groups in total. The van der Waals surface area contributed by atoms with Crippen molar-refractivity contribution in [3.8, 4) is 0 Å². The standard InChI is InChI=1S/C4H8F2O/c1-3(7)4(2,5)6/h3,7H,1-2H3/t3-/m1/s1. The summed E-state index contributed by atoms with van der Waals surface area (Å²) in [6.07, 6.45) is -1.53. The topological polar surface area (TPSA) is 20.2 Å². The van der Waals surface area contributed by atoms with Crippen LogP contribution in [-0.4, -0.2) is 17.1 Å². The van der Waals surface area contributed by atoms with Gasteiger partial charge in [-0.05, 0) is 6.92 Å². The van der Waals surface area contributed by atoms with Gasteiger partial charge >= 0.3 is 0 Å². The van der Waals surface area contributed by atoms with Gasteiger partial charge in [0.1, 0.15) is 6.10 Å². The lowest BCUT2D eigenvalue weighted by Crippen LogP contribution is -2.26. The summed E-state index contributed by atoms with van der Waals surface area (Å²) in [6.45, 7) is 1.73. The van der Waals surface area contributed by atoms with Crippen molar-refractivity contribution in [3.05, 3.63) is 0 Å². The highest BCUT2D eigenvalue weighted by Gasteiger charge is 2.27. The van der Waals surface area contributed by atoms with Gasteiger partial charge in [-0.1, -0.05) is 0 Å². The van der Waals surface area contributed by atoms with Gasteiger partial charge in [-0.3, -0.25) is 0 Å². The van der Waals surface area contributed by atoms with E-state index in [0.717, 1.165) is 6.92 Å². The Balaban J connectivity index is 3.54. The molecule has 0 unspecified atom stereocenters. The van der Waals surface area contributed by atoms with Crippen LogP contribution in [0.1, 0.15) is 13.8 Å². The molecule has 0 aliphatic rings. The second kappa shape index (κ2) is 1.74. The fourth-order valence-corrected chi connectivity index (χ4v) is 0. The number of halogens is 2. The lowest BCUT2D eigenvalue weighted by Gasteiger charge is -2.11. The van der Waals surface area contributed by atoms with Crippen LogP contribution in [-0.2, 0) is 0 Å². The summed E-state index contributed by atoms with van der Waals surface area (Å²) >= 11 is 0. The Morgan fingerprint density at radius 3 is 1.71 bits per heavy atom. The van der Waals surface area contributed by atoms with Crippen LogP contribution in [0.25, 0.3) is 0 Å². The summed E-state index contributed by atoms with van der Waals surface area (Å²) in [5.41, 5.74) is 0. The highest BCUT2D eigenvalue weighted by molar-refractivity contribution is 4.63. The molecule has 0 radical (unpaired) electrons. The van der Waals surface area contributed by atoms with Crippen molar-refractivity contribution < 1.29 is 13.9 Å². The van der Waals surface area contributed by atoms with E-state index >= 15 is 0 Å². The first kappa shape index (κ1) is 6.82. The number of hydrogen-bond acceptors (Lipinski definition) is 1. The SMILES string of the molecule is C[C@@H](O)C(C)(F)F. The molecule has 7 heavy (non-hydrogen) atoms. The predicted octanol–water partition coefficient (Wildman–Crippen LogP) is 1.02. The summed E-state index contributed by atoms with van der Waals surface area (Å²) in [6, 6.07) is 0. The average molecular weight is 110 g/mol. The van der Waals surface area contributed by atoms with Crippen molar-refractivity contribution in [2.75, 3.05) is 0 Å². The number of rotatable bonds is 1. The lowest BCUT2D eigenvalue weighted by molar-refractivity contribution is -0.0838. The molecule has 0 aliphatic heterocycles. The molecule has 44 valence electrons. The van der Waals surface area contributed by atoms with Crippen molar-refractivity contribution in [1.29, 1.82) is 0 Å². The zero-order chi connectivity index (χ0) is 6.08. The molecule has 0 heterocycles. The second-order valence-electron chi connectivity index (χ2n) is 1.63. The first-order chi connectivity index (χ1) is 2.94. The number of alkyl halides is 2. The van der Waals surface area contributed by atoms with Crippen LogP contribution in [0.15, 0.2) is 0 Å². The van der Waals surface area contributed by atoms with Crippen LogP contribution < -0.4 is 0 Å². The first-order valence-electron chi connectivity index (χ1n) is 2.00. The molecule has 0 fully saturated rings. The van der Waals surface area contributed by atoms with Crippen molar-refractivity contribution in [2.45, 2.75) is 25.9 Å². The molecular formula is C4H8F2O. The third-order valence-corrected chi connectivity index (χ3v) is 0.734. The molecule has 0 aromatic carbocycles. The maximum absolute atomic E-state index is 11.6. The van der Waals surface area contributed by atoms with Gasteiger partial charge in [0.05, 0.1) is 0 Å². The highest BCUT2D eigenvalue weighted by atomic mass is 19.3. The monoisotopic (exact) mass is 110 g/mol. The Labute approximate surface area is 41.0 Å². The molecule has 1 atom stereocenters. The molecule has 3 heteroatoms. The van der Waals surface area contributed by atoms with Crippen LogP contribution in [0.3, 0.4) is 0 Å². The van der Waals surface area contributed by atoms with Gasteiger partial charge in [-0.2, -0.15) is 0 Å². The molecule has 0 aliphatic carbocycles. The zero-order valence-corrected chi connectivity index (χ0v) is 4.28. The molecule has 0 rings (SSSR count). The molecule has 0 spiro atoms. The van der Waals surface area contributed by atoms with Gasteiger partial charge in [0.15, 0.2) is 0 Å². The fraction of sp³-hybridized carbons (Fsp3) is 1.00. The van der Waals surface area contributed by atoms with Crippen LogP contribution in [0, 0.1) is 0 Å². The number of aliphatic hydroxyl groups excluding tert-OH is 1. The molecule has 1 nitrogen and oxygen atoms in total. The summed E-state index contributed by atoms with van der Waals surface area (Å²) in [5.74, 6) is -2.94. The van der Waals surface area contributed by atoms with Crippen molar-refractivity contribution in [3.63, 3.8) is 0 Å². The van der Waals surface area contributed by atoms with Gasteiger partial charge in [-0.15, -0.1) is 0 Å². The van der Waals surface area contributed by atoms with E-state index in [1.165, 1.54) is 0 Å². The largest absolute Gasteiger partial charge is 0.387 e. The third-order valence-electron chi connectivity index (χ3n) is 0.734. The Kier molecular flexibility index (Phi) is 1.69. The Morgan fingerprint density at radius 2 is 1.71 bits per heavy atom. The van der Waals surface area contributed by atoms with E-state index in [1.54, 1.807) is 0 Å². The Morgan fingerprint density at radius 1 is 1.57 bits per heavy atom. The van der Waals surface area contributed by atoms with Gasteiger partial charge in [0.25, 0.3) is 5.92 Å². The molecule has 0 amide bonds. The van der Waals surface area contributed by atoms with Gasteiger partial charge in [0, 0.05) is 6.92 Å². The predicted molar refractivity (Wildman–Crippen MR) is 22.3 cm³/mol. The molecule has 0 bridgehead atoms. The Bertz CT molecular complexity index is 55.2. The minimum atomic E-state index is -2.94. The van der Waals surface area contributed by atoms with Crippen LogP contribution in [0.4, 0.5) is 8.78 Å². The van der Waals surface area contributed by atoms with E-state index in [-0.39, 0.29) is 0 Å². The highest BCUT2D eigenvalue weighted by Crippen LogP contribution is 2.15. The normalized spacial score (nSPS) is 16.7. The summed E-state index contributed by atoms with van der Waals surface area (Å²) in [7, 11) is 0. The van der Waals surface area contributed by atoms with E-state index in [4.69, 9.17) is 5.11 Å². The van der Waals surface area contributed by atoms with Crippen LogP contribution >= 0.6 is 0 Å². The minimum absolute atomic E-state index is 0.678. The second-order valence-corrected chi connectivity index (χ2v) is 1.63. The summed E-state index contributed by atoms with van der Waals surface area (Å²) < 4.78 is 23.2. The summed E-state index contributed by atoms with van der Waals surface area (Å²) in [4.78, 5) is 0. The van der Waals surface area contributed by atoms with Crippen molar-refractivity contribution in [2.24, 2.45) is 0 Å². The zero-order valence-electron chi connectivity index (χ0n) is 4.28. The average Bonchev–Trinajstić information content (AvgIpc) is 1.31. The van der Waals surface area contributed by atoms with E-state index in [2.05, 4.69) is 0 Å². The number of aliphatic hydroxyl groups is 1. The minimum Gasteiger partial charge on any atom is -0.387 e. The van der Waals surface area contributed by atoms with Gasteiger partial charge in [0.2, 0.25) is 0 Å². The maximum atomic E-state index is 11.6. The third kappa shape index (κ3) is 2.51. The van der Waals surface area contributed by atoms with Crippen molar-refractivity contribution in [1.82, 2.24) is 0 Å². The maximum Gasteiger partial charge on any atom is 0.270 e. The Hall–Kier alpha value is -0.180. The van der Waals surface area contributed by atoms with Crippen LogP contribution in [0.5, 0.6) is 0 Å². The smallest absolute Gasteiger partial charge is 0.270 e. The van der Waals surface area contributed by atoms with Gasteiger partial charge < -0.3 is 5.11 Å². The lowest BCUT2D eigenvalue weighted by atomic mass is 10.2. The molecule has 0 saturated heterocycles.